The van der Waals surface area contributed by atoms with Gasteiger partial charge in [0.2, 0.25) is 0 Å². The Labute approximate surface area is 173 Å². The van der Waals surface area contributed by atoms with E-state index in [1.165, 1.54) is 6.33 Å². The highest BCUT2D eigenvalue weighted by Gasteiger charge is 2.41. The number of cyclic esters (lactones) is 1. The molecule has 0 spiro atoms. The van der Waals surface area contributed by atoms with E-state index >= 15 is 0 Å². The minimum Gasteiger partial charge on any atom is -0.491 e. The number of rotatable bonds is 6. The smallest absolute Gasteiger partial charge is 0.407 e. The first kappa shape index (κ1) is 19.9. The average molecular weight is 413 g/mol. The summed E-state index contributed by atoms with van der Waals surface area (Å²) in [6.45, 7) is 4.50. The van der Waals surface area contributed by atoms with Gasteiger partial charge in [0.25, 0.3) is 0 Å². The van der Waals surface area contributed by atoms with Crippen LogP contribution in [0.3, 0.4) is 0 Å². The van der Waals surface area contributed by atoms with E-state index in [1.54, 1.807) is 6.07 Å². The van der Waals surface area contributed by atoms with Crippen LogP contribution in [-0.4, -0.2) is 59.3 Å². The second-order valence-corrected chi connectivity index (χ2v) is 7.53. The molecule has 0 radical (unpaired) electrons. The largest absolute Gasteiger partial charge is 0.491 e. The number of hydrogen-bond acceptors (Lipinski definition) is 9. The fraction of sp³-hybridized carbons (Fsp3) is 0.400. The van der Waals surface area contributed by atoms with Crippen molar-refractivity contribution in [1.29, 1.82) is 0 Å². The van der Waals surface area contributed by atoms with Gasteiger partial charge in [0.15, 0.2) is 12.7 Å². The third-order valence-electron chi connectivity index (χ3n) is 5.12. The van der Waals surface area contributed by atoms with Crippen LogP contribution in [0, 0.1) is 0 Å². The molecule has 30 heavy (non-hydrogen) atoms. The normalized spacial score (nSPS) is 20.2. The van der Waals surface area contributed by atoms with E-state index in [4.69, 9.17) is 25.2 Å². The minimum absolute atomic E-state index is 0.0899. The van der Waals surface area contributed by atoms with Crippen LogP contribution in [0.1, 0.15) is 25.0 Å². The Morgan fingerprint density at radius 3 is 2.93 bits per heavy atom. The Morgan fingerprint density at radius 2 is 2.20 bits per heavy atom. The summed E-state index contributed by atoms with van der Waals surface area (Å²) < 4.78 is 10.7. The second kappa shape index (κ2) is 7.79. The van der Waals surface area contributed by atoms with Gasteiger partial charge in [-0.1, -0.05) is 5.16 Å². The zero-order valence-electron chi connectivity index (χ0n) is 16.7. The number of amides is 1. The van der Waals surface area contributed by atoms with Gasteiger partial charge in [-0.15, -0.1) is 0 Å². The molecule has 10 heteroatoms. The van der Waals surface area contributed by atoms with Crippen LogP contribution in [0.15, 0.2) is 29.7 Å². The Bertz CT molecular complexity index is 1010. The van der Waals surface area contributed by atoms with Crippen molar-refractivity contribution in [2.45, 2.75) is 25.4 Å². The Morgan fingerprint density at radius 1 is 1.37 bits per heavy atom. The van der Waals surface area contributed by atoms with Gasteiger partial charge in [-0.3, -0.25) is 0 Å². The molecule has 1 aliphatic carbocycles. The fourth-order valence-corrected chi connectivity index (χ4v) is 3.73. The molecule has 1 amide bonds. The SMILES string of the molecule is CC1(C)/C(=N/OC[C@@H]2CNC(=O)O2)c2cc(OCCO)ccc2-c2ncnc(N)c21. The van der Waals surface area contributed by atoms with E-state index in [0.717, 1.165) is 22.4 Å². The molecule has 2 aliphatic rings. The van der Waals surface area contributed by atoms with Crippen LogP contribution in [-0.2, 0) is 15.0 Å². The van der Waals surface area contributed by atoms with Crippen molar-refractivity contribution in [1.82, 2.24) is 15.3 Å². The highest BCUT2D eigenvalue weighted by molar-refractivity contribution is 6.15. The van der Waals surface area contributed by atoms with Gasteiger partial charge < -0.3 is 30.5 Å². The lowest BCUT2D eigenvalue weighted by atomic mass is 9.70. The lowest BCUT2D eigenvalue weighted by molar-refractivity contribution is 0.0487. The van der Waals surface area contributed by atoms with E-state index in [1.807, 2.05) is 26.0 Å². The number of carbonyl (C=O) groups excluding carboxylic acids is 1. The number of oxime groups is 1. The molecule has 0 saturated carbocycles. The molecule has 4 rings (SSSR count). The molecule has 2 aromatic rings. The number of hydrogen-bond donors (Lipinski definition) is 3. The third-order valence-corrected chi connectivity index (χ3v) is 5.12. The number of nitrogens with zero attached hydrogens (tertiary/aromatic N) is 3. The number of aliphatic hydroxyl groups is 1. The molecule has 10 nitrogen and oxygen atoms in total. The monoisotopic (exact) mass is 413 g/mol. The van der Waals surface area contributed by atoms with Crippen molar-refractivity contribution in [2.75, 3.05) is 32.1 Å². The van der Waals surface area contributed by atoms with Gasteiger partial charge in [-0.25, -0.2) is 14.8 Å². The number of ether oxygens (including phenoxy) is 2. The number of aliphatic hydroxyl groups excluding tert-OH is 1. The molecule has 4 N–H and O–H groups in total. The Hall–Kier alpha value is -3.40. The lowest BCUT2D eigenvalue weighted by Crippen LogP contribution is -2.36. The second-order valence-electron chi connectivity index (χ2n) is 7.53. The summed E-state index contributed by atoms with van der Waals surface area (Å²) in [7, 11) is 0. The van der Waals surface area contributed by atoms with E-state index in [9.17, 15) is 4.79 Å². The van der Waals surface area contributed by atoms with Crippen LogP contribution in [0.2, 0.25) is 0 Å². The molecule has 0 unspecified atom stereocenters. The zero-order valence-corrected chi connectivity index (χ0v) is 16.7. The molecular formula is C20H23N5O5. The van der Waals surface area contributed by atoms with E-state index in [2.05, 4.69) is 20.4 Å². The lowest BCUT2D eigenvalue weighted by Gasteiger charge is -2.34. The minimum atomic E-state index is -0.659. The van der Waals surface area contributed by atoms with Crippen molar-refractivity contribution in [3.8, 4) is 17.0 Å². The highest BCUT2D eigenvalue weighted by Crippen LogP contribution is 2.45. The number of nitrogen functional groups attached to an aromatic ring is 1. The standard InChI is InChI=1S/C20H23N5O5/c1-20(2)15-16(23-10-24-18(15)21)13-4-3-11(28-6-5-26)7-14(13)17(20)25-29-9-12-8-22-19(27)30-12/h3-4,7,10,12,26H,5-6,8-9H2,1-2H3,(H,22,27)(H2,21,23,24)/b25-17+/t12-/m0/s1. The Balaban J connectivity index is 1.75. The van der Waals surface area contributed by atoms with Gasteiger partial charge in [-0.2, -0.15) is 0 Å². The number of carbonyl (C=O) groups is 1. The maximum absolute atomic E-state index is 11.2. The van der Waals surface area contributed by atoms with E-state index < -0.39 is 17.6 Å². The van der Waals surface area contributed by atoms with Gasteiger partial charge >= 0.3 is 6.09 Å². The summed E-state index contributed by atoms with van der Waals surface area (Å²) in [5, 5.41) is 16.0. The number of alkyl carbamates (subject to hydrolysis) is 1. The van der Waals surface area contributed by atoms with Gasteiger partial charge in [0.1, 0.15) is 24.5 Å². The fourth-order valence-electron chi connectivity index (χ4n) is 3.73. The average Bonchev–Trinajstić information content (AvgIpc) is 3.13. The predicted octanol–water partition coefficient (Wildman–Crippen LogP) is 1.22. The molecule has 1 aromatic carbocycles. The van der Waals surface area contributed by atoms with Crippen LogP contribution >= 0.6 is 0 Å². The first-order chi connectivity index (χ1) is 14.4. The van der Waals surface area contributed by atoms with E-state index in [0.29, 0.717) is 23.8 Å². The number of fused-ring (bicyclic) bond motifs is 3. The van der Waals surface area contributed by atoms with Crippen molar-refractivity contribution in [3.63, 3.8) is 0 Å². The van der Waals surface area contributed by atoms with Crippen LogP contribution in [0.25, 0.3) is 11.3 Å². The summed E-state index contributed by atoms with van der Waals surface area (Å²) in [6.07, 6.45) is 0.557. The van der Waals surface area contributed by atoms with Crippen LogP contribution in [0.4, 0.5) is 10.6 Å². The van der Waals surface area contributed by atoms with Crippen molar-refractivity contribution in [2.24, 2.45) is 5.16 Å². The van der Waals surface area contributed by atoms with Crippen molar-refractivity contribution < 1.29 is 24.2 Å². The van der Waals surface area contributed by atoms with Crippen LogP contribution < -0.4 is 15.8 Å². The summed E-state index contributed by atoms with van der Waals surface area (Å²) >= 11 is 0. The quantitative estimate of drug-likeness (QED) is 0.600. The molecule has 158 valence electrons. The molecule has 0 bridgehead atoms. The maximum atomic E-state index is 11.2. The molecular weight excluding hydrogens is 390 g/mol. The number of aromatic nitrogens is 2. The van der Waals surface area contributed by atoms with Crippen molar-refractivity contribution >= 4 is 17.6 Å². The van der Waals surface area contributed by atoms with Gasteiger partial charge in [-0.05, 0) is 32.0 Å². The van der Waals surface area contributed by atoms with Crippen molar-refractivity contribution in [3.05, 3.63) is 35.7 Å². The number of nitrogens with one attached hydrogen (secondary N) is 1. The third kappa shape index (κ3) is 3.50. The summed E-state index contributed by atoms with van der Waals surface area (Å²) in [6, 6.07) is 5.52. The molecule has 1 saturated heterocycles. The van der Waals surface area contributed by atoms with Gasteiger partial charge in [0, 0.05) is 22.1 Å². The summed E-state index contributed by atoms with van der Waals surface area (Å²) in [4.78, 5) is 25.4. The first-order valence-corrected chi connectivity index (χ1v) is 9.56. The molecule has 1 atom stereocenters. The molecule has 2 heterocycles. The number of nitrogens with two attached hydrogens (primary N) is 1. The maximum Gasteiger partial charge on any atom is 0.407 e. The molecule has 1 fully saturated rings. The Kier molecular flexibility index (Phi) is 5.17. The van der Waals surface area contributed by atoms with Gasteiger partial charge in [0.05, 0.1) is 24.6 Å². The summed E-state index contributed by atoms with van der Waals surface area (Å²) in [5.74, 6) is 0.962. The first-order valence-electron chi connectivity index (χ1n) is 9.56. The zero-order chi connectivity index (χ0) is 21.3. The summed E-state index contributed by atoms with van der Waals surface area (Å²) in [5.41, 5.74) is 9.27. The number of benzene rings is 1. The highest BCUT2D eigenvalue weighted by atomic mass is 16.7. The molecule has 1 aliphatic heterocycles. The predicted molar refractivity (Wildman–Crippen MR) is 108 cm³/mol. The topological polar surface area (TPSA) is 141 Å². The van der Waals surface area contributed by atoms with Crippen LogP contribution in [0.5, 0.6) is 5.75 Å². The molecule has 1 aromatic heterocycles. The number of anilines is 1. The van der Waals surface area contributed by atoms with E-state index in [-0.39, 0.29) is 19.8 Å².